The zero-order valence-corrected chi connectivity index (χ0v) is 10.2. The second kappa shape index (κ2) is 4.73. The summed E-state index contributed by atoms with van der Waals surface area (Å²) in [6.07, 6.45) is 1.75. The molecule has 2 rings (SSSR count). The molecule has 0 aliphatic rings. The zero-order chi connectivity index (χ0) is 11.5. The van der Waals surface area contributed by atoms with Gasteiger partial charge in [-0.25, -0.2) is 4.98 Å². The molecular formula is C12H10Cl2N2. The van der Waals surface area contributed by atoms with Crippen LogP contribution in [0.25, 0.3) is 0 Å². The van der Waals surface area contributed by atoms with Gasteiger partial charge in [0, 0.05) is 21.9 Å². The predicted molar refractivity (Wildman–Crippen MR) is 68.7 cm³/mol. The Morgan fingerprint density at radius 3 is 2.38 bits per heavy atom. The SMILES string of the molecule is Cc1ccnc(Nc2cc(Cl)cc(Cl)c2)c1. The van der Waals surface area contributed by atoms with E-state index in [4.69, 9.17) is 23.2 Å². The molecule has 0 spiro atoms. The molecular weight excluding hydrogens is 243 g/mol. The minimum atomic E-state index is 0.600. The maximum Gasteiger partial charge on any atom is 0.130 e. The molecule has 0 fully saturated rings. The van der Waals surface area contributed by atoms with Crippen molar-refractivity contribution in [2.75, 3.05) is 5.32 Å². The van der Waals surface area contributed by atoms with Gasteiger partial charge in [0.05, 0.1) is 0 Å². The number of aromatic nitrogens is 1. The predicted octanol–water partition coefficient (Wildman–Crippen LogP) is 4.44. The Morgan fingerprint density at radius 1 is 1.06 bits per heavy atom. The van der Waals surface area contributed by atoms with Gasteiger partial charge >= 0.3 is 0 Å². The number of benzene rings is 1. The first-order valence-electron chi connectivity index (χ1n) is 4.79. The molecule has 0 saturated heterocycles. The first-order chi connectivity index (χ1) is 7.63. The van der Waals surface area contributed by atoms with Crippen molar-refractivity contribution < 1.29 is 0 Å². The van der Waals surface area contributed by atoms with E-state index in [9.17, 15) is 0 Å². The van der Waals surface area contributed by atoms with E-state index in [2.05, 4.69) is 10.3 Å². The molecule has 1 N–H and O–H groups in total. The van der Waals surface area contributed by atoms with Crippen molar-refractivity contribution in [2.45, 2.75) is 6.92 Å². The second-order valence-electron chi connectivity index (χ2n) is 3.50. The Kier molecular flexibility index (Phi) is 3.32. The number of nitrogens with one attached hydrogen (secondary N) is 1. The molecule has 16 heavy (non-hydrogen) atoms. The summed E-state index contributed by atoms with van der Waals surface area (Å²) in [6.45, 7) is 2.01. The van der Waals surface area contributed by atoms with E-state index in [-0.39, 0.29) is 0 Å². The van der Waals surface area contributed by atoms with Crippen LogP contribution in [-0.4, -0.2) is 4.98 Å². The van der Waals surface area contributed by atoms with Crippen molar-refractivity contribution in [2.24, 2.45) is 0 Å². The molecule has 0 amide bonds. The van der Waals surface area contributed by atoms with Crippen LogP contribution in [0.5, 0.6) is 0 Å². The third-order valence-corrected chi connectivity index (χ3v) is 2.49. The smallest absolute Gasteiger partial charge is 0.130 e. The van der Waals surface area contributed by atoms with Gasteiger partial charge in [-0.05, 0) is 42.8 Å². The third kappa shape index (κ3) is 2.87. The summed E-state index contributed by atoms with van der Waals surface area (Å²) in [5.74, 6) is 0.776. The van der Waals surface area contributed by atoms with E-state index in [1.54, 1.807) is 24.4 Å². The maximum atomic E-state index is 5.90. The normalized spacial score (nSPS) is 10.2. The van der Waals surface area contributed by atoms with Gasteiger partial charge in [0.25, 0.3) is 0 Å². The first kappa shape index (κ1) is 11.2. The Balaban J connectivity index is 2.27. The van der Waals surface area contributed by atoms with Crippen molar-refractivity contribution in [1.29, 1.82) is 0 Å². The molecule has 0 atom stereocenters. The van der Waals surface area contributed by atoms with Crippen LogP contribution in [0, 0.1) is 6.92 Å². The molecule has 1 heterocycles. The number of anilines is 2. The molecule has 0 radical (unpaired) electrons. The quantitative estimate of drug-likeness (QED) is 0.855. The monoisotopic (exact) mass is 252 g/mol. The molecule has 0 unspecified atom stereocenters. The highest BCUT2D eigenvalue weighted by Gasteiger charge is 1.99. The van der Waals surface area contributed by atoms with Crippen LogP contribution >= 0.6 is 23.2 Å². The molecule has 0 aliphatic carbocycles. The molecule has 82 valence electrons. The van der Waals surface area contributed by atoms with E-state index >= 15 is 0 Å². The Morgan fingerprint density at radius 2 is 1.75 bits per heavy atom. The number of nitrogens with zero attached hydrogens (tertiary/aromatic N) is 1. The van der Waals surface area contributed by atoms with Crippen LogP contribution in [0.15, 0.2) is 36.5 Å². The van der Waals surface area contributed by atoms with Gasteiger partial charge in [0.15, 0.2) is 0 Å². The summed E-state index contributed by atoms with van der Waals surface area (Å²) in [5.41, 5.74) is 1.97. The third-order valence-electron chi connectivity index (χ3n) is 2.05. The summed E-state index contributed by atoms with van der Waals surface area (Å²) < 4.78 is 0. The Bertz CT molecular complexity index is 492. The van der Waals surface area contributed by atoms with E-state index in [0.29, 0.717) is 10.0 Å². The number of halogens is 2. The molecule has 2 nitrogen and oxygen atoms in total. The van der Waals surface area contributed by atoms with E-state index in [0.717, 1.165) is 17.1 Å². The van der Waals surface area contributed by atoms with Crippen molar-refractivity contribution in [3.05, 3.63) is 52.1 Å². The van der Waals surface area contributed by atoms with Crippen LogP contribution in [0.3, 0.4) is 0 Å². The first-order valence-corrected chi connectivity index (χ1v) is 5.55. The molecule has 0 aliphatic heterocycles. The van der Waals surface area contributed by atoms with Crippen molar-refractivity contribution in [3.8, 4) is 0 Å². The standard InChI is InChI=1S/C12H10Cl2N2/c1-8-2-3-15-12(4-8)16-11-6-9(13)5-10(14)7-11/h2-7H,1H3,(H,15,16). The summed E-state index contributed by atoms with van der Waals surface area (Å²) in [6, 6.07) is 9.19. The lowest BCUT2D eigenvalue weighted by molar-refractivity contribution is 1.27. The lowest BCUT2D eigenvalue weighted by Crippen LogP contribution is -1.93. The summed E-state index contributed by atoms with van der Waals surface area (Å²) >= 11 is 11.8. The van der Waals surface area contributed by atoms with Crippen LogP contribution in [0.2, 0.25) is 10.0 Å². The van der Waals surface area contributed by atoms with Gasteiger partial charge in [-0.1, -0.05) is 23.2 Å². The highest BCUT2D eigenvalue weighted by atomic mass is 35.5. The fraction of sp³-hybridized carbons (Fsp3) is 0.0833. The molecule has 0 bridgehead atoms. The Hall–Kier alpha value is -1.25. The van der Waals surface area contributed by atoms with Gasteiger partial charge in [-0.2, -0.15) is 0 Å². The summed E-state index contributed by atoms with van der Waals surface area (Å²) in [5, 5.41) is 4.35. The average molecular weight is 253 g/mol. The molecule has 0 saturated carbocycles. The van der Waals surface area contributed by atoms with E-state index in [1.165, 1.54) is 0 Å². The fourth-order valence-electron chi connectivity index (χ4n) is 1.38. The lowest BCUT2D eigenvalue weighted by Gasteiger charge is -2.07. The van der Waals surface area contributed by atoms with Gasteiger partial charge in [-0.3, -0.25) is 0 Å². The Labute approximate surface area is 104 Å². The second-order valence-corrected chi connectivity index (χ2v) is 4.37. The highest BCUT2D eigenvalue weighted by Crippen LogP contribution is 2.24. The number of pyridine rings is 1. The van der Waals surface area contributed by atoms with E-state index < -0.39 is 0 Å². The van der Waals surface area contributed by atoms with Crippen LogP contribution in [-0.2, 0) is 0 Å². The van der Waals surface area contributed by atoms with E-state index in [1.807, 2.05) is 19.1 Å². The minimum absolute atomic E-state index is 0.600. The van der Waals surface area contributed by atoms with Gasteiger partial charge in [-0.15, -0.1) is 0 Å². The number of hydrogen-bond donors (Lipinski definition) is 1. The van der Waals surface area contributed by atoms with Crippen molar-refractivity contribution in [1.82, 2.24) is 4.98 Å². The molecule has 1 aromatic carbocycles. The lowest BCUT2D eigenvalue weighted by atomic mass is 10.3. The van der Waals surface area contributed by atoms with Gasteiger partial charge < -0.3 is 5.32 Å². The van der Waals surface area contributed by atoms with Crippen LogP contribution < -0.4 is 5.32 Å². The summed E-state index contributed by atoms with van der Waals surface area (Å²) in [4.78, 5) is 4.20. The zero-order valence-electron chi connectivity index (χ0n) is 8.67. The van der Waals surface area contributed by atoms with Crippen LogP contribution in [0.1, 0.15) is 5.56 Å². The number of aryl methyl sites for hydroxylation is 1. The van der Waals surface area contributed by atoms with Gasteiger partial charge in [0.2, 0.25) is 0 Å². The highest BCUT2D eigenvalue weighted by molar-refractivity contribution is 6.35. The van der Waals surface area contributed by atoms with Crippen molar-refractivity contribution >= 4 is 34.7 Å². The van der Waals surface area contributed by atoms with Crippen molar-refractivity contribution in [3.63, 3.8) is 0 Å². The fourth-order valence-corrected chi connectivity index (χ4v) is 1.90. The van der Waals surface area contributed by atoms with Gasteiger partial charge in [0.1, 0.15) is 5.82 Å². The largest absolute Gasteiger partial charge is 0.340 e. The average Bonchev–Trinajstić information content (AvgIpc) is 2.15. The minimum Gasteiger partial charge on any atom is -0.340 e. The summed E-state index contributed by atoms with van der Waals surface area (Å²) in [7, 11) is 0. The number of hydrogen-bond acceptors (Lipinski definition) is 2. The molecule has 4 heteroatoms. The van der Waals surface area contributed by atoms with Crippen LogP contribution in [0.4, 0.5) is 11.5 Å². The molecule has 1 aromatic heterocycles. The number of rotatable bonds is 2. The topological polar surface area (TPSA) is 24.9 Å². The maximum absolute atomic E-state index is 5.90. The molecule has 2 aromatic rings.